The predicted molar refractivity (Wildman–Crippen MR) is 76.5 cm³/mol. The van der Waals surface area contributed by atoms with E-state index in [2.05, 4.69) is 17.4 Å². The molecule has 3 nitrogen and oxygen atoms in total. The maximum atomic E-state index is 11.5. The molecule has 2 aromatic rings. The second kappa shape index (κ2) is 5.33. The number of nitrogens with one attached hydrogen (secondary N) is 1. The Morgan fingerprint density at radius 2 is 1.47 bits per heavy atom. The third-order valence-electron chi connectivity index (χ3n) is 3.21. The molecule has 0 atom stereocenters. The van der Waals surface area contributed by atoms with Crippen molar-refractivity contribution < 1.29 is 9.53 Å². The number of rotatable bonds is 1. The van der Waals surface area contributed by atoms with Crippen molar-refractivity contribution in [3.63, 3.8) is 0 Å². The fraction of sp³-hybridized carbons (Fsp3) is 0.133. The lowest BCUT2D eigenvalue weighted by Gasteiger charge is -2.14. The second-order valence-corrected chi connectivity index (χ2v) is 4.21. The van der Waals surface area contributed by atoms with Gasteiger partial charge in [-0.15, -0.1) is 12.4 Å². The summed E-state index contributed by atoms with van der Waals surface area (Å²) < 4.78 is 5.46. The molecule has 1 N–H and O–H groups in total. The standard InChI is InChI=1S/C15H13NO2.ClH/c1-16-15(17)18-14-12-8-4-2-6-10(12)11-7-3-5-9-13(11)14;/h2-9,14H,1H3,(H,16,17);1H. The molecule has 1 aliphatic rings. The molecule has 98 valence electrons. The van der Waals surface area contributed by atoms with Crippen molar-refractivity contribution in [2.45, 2.75) is 6.10 Å². The minimum Gasteiger partial charge on any atom is -0.436 e. The Labute approximate surface area is 118 Å². The van der Waals surface area contributed by atoms with Gasteiger partial charge in [-0.25, -0.2) is 4.79 Å². The zero-order valence-electron chi connectivity index (χ0n) is 10.4. The highest BCUT2D eigenvalue weighted by molar-refractivity contribution is 5.85. The third-order valence-corrected chi connectivity index (χ3v) is 3.21. The number of benzene rings is 2. The smallest absolute Gasteiger partial charge is 0.407 e. The summed E-state index contributed by atoms with van der Waals surface area (Å²) >= 11 is 0. The highest BCUT2D eigenvalue weighted by Crippen LogP contribution is 2.44. The van der Waals surface area contributed by atoms with Crippen LogP contribution in [0.3, 0.4) is 0 Å². The molecule has 0 radical (unpaired) electrons. The molecule has 19 heavy (non-hydrogen) atoms. The lowest BCUT2D eigenvalue weighted by molar-refractivity contribution is 0.120. The van der Waals surface area contributed by atoms with Gasteiger partial charge in [-0.1, -0.05) is 48.5 Å². The number of halogens is 1. The van der Waals surface area contributed by atoms with Gasteiger partial charge in [-0.05, 0) is 11.1 Å². The number of hydrogen-bond acceptors (Lipinski definition) is 2. The van der Waals surface area contributed by atoms with E-state index in [-0.39, 0.29) is 18.5 Å². The van der Waals surface area contributed by atoms with E-state index >= 15 is 0 Å². The van der Waals surface area contributed by atoms with E-state index in [1.54, 1.807) is 7.05 Å². The SMILES string of the molecule is CNC(=O)OC1c2ccccc2-c2ccccc21.Cl. The van der Waals surface area contributed by atoms with E-state index in [9.17, 15) is 4.79 Å². The van der Waals surface area contributed by atoms with Crippen LogP contribution in [-0.2, 0) is 4.74 Å². The number of alkyl carbamates (subject to hydrolysis) is 1. The van der Waals surface area contributed by atoms with Crippen molar-refractivity contribution in [3.8, 4) is 11.1 Å². The Balaban J connectivity index is 0.00000133. The first-order chi connectivity index (χ1) is 8.81. The fourth-order valence-corrected chi connectivity index (χ4v) is 2.40. The van der Waals surface area contributed by atoms with Gasteiger partial charge >= 0.3 is 6.09 Å². The molecule has 1 aliphatic carbocycles. The summed E-state index contributed by atoms with van der Waals surface area (Å²) in [6.45, 7) is 0. The summed E-state index contributed by atoms with van der Waals surface area (Å²) in [5.74, 6) is 0. The second-order valence-electron chi connectivity index (χ2n) is 4.21. The van der Waals surface area contributed by atoms with Crippen molar-refractivity contribution in [1.29, 1.82) is 0 Å². The molecule has 3 rings (SSSR count). The van der Waals surface area contributed by atoms with Gasteiger partial charge in [0.1, 0.15) is 0 Å². The monoisotopic (exact) mass is 275 g/mol. The summed E-state index contributed by atoms with van der Waals surface area (Å²) in [5.41, 5.74) is 4.37. The van der Waals surface area contributed by atoms with E-state index in [1.807, 2.05) is 36.4 Å². The number of carbonyl (C=O) groups excluding carboxylic acids is 1. The maximum Gasteiger partial charge on any atom is 0.407 e. The third kappa shape index (κ3) is 2.17. The Morgan fingerprint density at radius 1 is 1.00 bits per heavy atom. The van der Waals surface area contributed by atoms with Gasteiger partial charge in [0.25, 0.3) is 0 Å². The van der Waals surface area contributed by atoms with E-state index in [1.165, 1.54) is 0 Å². The Bertz CT molecular complexity index is 567. The summed E-state index contributed by atoms with van der Waals surface area (Å²) in [7, 11) is 1.56. The minimum absolute atomic E-state index is 0. The number of ether oxygens (including phenoxy) is 1. The van der Waals surface area contributed by atoms with E-state index in [0.29, 0.717) is 0 Å². The average Bonchev–Trinajstić information content (AvgIpc) is 2.74. The summed E-state index contributed by atoms with van der Waals surface area (Å²) in [4.78, 5) is 11.5. The Hall–Kier alpha value is -2.00. The minimum atomic E-state index is -0.411. The molecule has 0 fully saturated rings. The van der Waals surface area contributed by atoms with Crippen LogP contribution in [0.25, 0.3) is 11.1 Å². The zero-order chi connectivity index (χ0) is 12.5. The van der Waals surface area contributed by atoms with E-state index < -0.39 is 6.09 Å². The quantitative estimate of drug-likeness (QED) is 0.864. The van der Waals surface area contributed by atoms with Gasteiger partial charge in [-0.2, -0.15) is 0 Å². The van der Waals surface area contributed by atoms with Gasteiger partial charge in [0.15, 0.2) is 6.10 Å². The lowest BCUT2D eigenvalue weighted by Crippen LogP contribution is -2.21. The number of carbonyl (C=O) groups is 1. The van der Waals surface area contributed by atoms with Crippen molar-refractivity contribution in [1.82, 2.24) is 5.32 Å². The van der Waals surface area contributed by atoms with Crippen LogP contribution in [0.5, 0.6) is 0 Å². The largest absolute Gasteiger partial charge is 0.436 e. The number of amides is 1. The van der Waals surface area contributed by atoms with Crippen LogP contribution in [-0.4, -0.2) is 13.1 Å². The summed E-state index contributed by atoms with van der Waals surface area (Å²) in [6.07, 6.45) is -0.719. The highest BCUT2D eigenvalue weighted by Gasteiger charge is 2.30. The normalized spacial score (nSPS) is 12.1. The van der Waals surface area contributed by atoms with E-state index in [0.717, 1.165) is 22.3 Å². The highest BCUT2D eigenvalue weighted by atomic mass is 35.5. The summed E-state index contributed by atoms with van der Waals surface area (Å²) in [6, 6.07) is 16.0. The van der Waals surface area contributed by atoms with E-state index in [4.69, 9.17) is 4.74 Å². The summed E-state index contributed by atoms with van der Waals surface area (Å²) in [5, 5.41) is 2.49. The molecule has 2 aromatic carbocycles. The molecule has 0 heterocycles. The molecule has 1 amide bonds. The molecule has 0 aliphatic heterocycles. The van der Waals surface area contributed by atoms with Gasteiger partial charge in [-0.3, -0.25) is 0 Å². The van der Waals surface area contributed by atoms with Crippen LogP contribution in [0.4, 0.5) is 4.79 Å². The van der Waals surface area contributed by atoms with Crippen LogP contribution >= 0.6 is 12.4 Å². The molecule has 0 saturated carbocycles. The first kappa shape index (κ1) is 13.4. The van der Waals surface area contributed by atoms with Gasteiger partial charge in [0, 0.05) is 18.2 Å². The van der Waals surface area contributed by atoms with Crippen molar-refractivity contribution in [3.05, 3.63) is 59.7 Å². The first-order valence-corrected chi connectivity index (χ1v) is 5.88. The topological polar surface area (TPSA) is 38.3 Å². The van der Waals surface area contributed by atoms with Crippen molar-refractivity contribution in [2.24, 2.45) is 0 Å². The molecule has 0 unspecified atom stereocenters. The predicted octanol–water partition coefficient (Wildman–Crippen LogP) is 3.53. The van der Waals surface area contributed by atoms with Crippen LogP contribution in [0, 0.1) is 0 Å². The van der Waals surface area contributed by atoms with Crippen molar-refractivity contribution >= 4 is 18.5 Å². The fourth-order valence-electron chi connectivity index (χ4n) is 2.40. The van der Waals surface area contributed by atoms with Crippen LogP contribution in [0.15, 0.2) is 48.5 Å². The molecular weight excluding hydrogens is 262 g/mol. The molecule has 0 aromatic heterocycles. The average molecular weight is 276 g/mol. The first-order valence-electron chi connectivity index (χ1n) is 5.88. The molecular formula is C15H14ClNO2. The van der Waals surface area contributed by atoms with Gasteiger partial charge < -0.3 is 10.1 Å². The Kier molecular flexibility index (Phi) is 3.76. The number of hydrogen-bond donors (Lipinski definition) is 1. The van der Waals surface area contributed by atoms with Crippen LogP contribution < -0.4 is 5.32 Å². The maximum absolute atomic E-state index is 11.5. The van der Waals surface area contributed by atoms with Gasteiger partial charge in [0.05, 0.1) is 0 Å². The Morgan fingerprint density at radius 3 is 1.95 bits per heavy atom. The van der Waals surface area contributed by atoms with Gasteiger partial charge in [0.2, 0.25) is 0 Å². The molecule has 4 heteroatoms. The molecule has 0 saturated heterocycles. The number of fused-ring (bicyclic) bond motifs is 3. The van der Waals surface area contributed by atoms with Crippen LogP contribution in [0.1, 0.15) is 17.2 Å². The van der Waals surface area contributed by atoms with Crippen LogP contribution in [0.2, 0.25) is 0 Å². The molecule has 0 bridgehead atoms. The zero-order valence-corrected chi connectivity index (χ0v) is 11.2. The van der Waals surface area contributed by atoms with Crippen molar-refractivity contribution in [2.75, 3.05) is 7.05 Å². The molecule has 0 spiro atoms. The lowest BCUT2D eigenvalue weighted by atomic mass is 10.1.